The summed E-state index contributed by atoms with van der Waals surface area (Å²) in [6.45, 7) is 2.66. The highest BCUT2D eigenvalue weighted by atomic mass is 35.5. The third kappa shape index (κ3) is 3.53. The van der Waals surface area contributed by atoms with Crippen LogP contribution >= 0.6 is 22.9 Å². The zero-order chi connectivity index (χ0) is 13.8. The van der Waals surface area contributed by atoms with E-state index in [1.807, 2.05) is 18.4 Å². The summed E-state index contributed by atoms with van der Waals surface area (Å²) < 4.78 is 0. The number of carbonyl (C=O) groups excluding carboxylic acids is 1. The van der Waals surface area contributed by atoms with Crippen molar-refractivity contribution in [3.05, 3.63) is 50.9 Å². The summed E-state index contributed by atoms with van der Waals surface area (Å²) in [6.07, 6.45) is 1.78. The van der Waals surface area contributed by atoms with E-state index in [1.54, 1.807) is 29.7 Å². The molecule has 100 valence electrons. The average molecular weight is 296 g/mol. The van der Waals surface area contributed by atoms with Gasteiger partial charge in [-0.15, -0.1) is 11.3 Å². The monoisotopic (exact) mass is 295 g/mol. The SMILES string of the molecule is CC(NCc1ccc(C(N)=O)cc1Cl)c1nccs1. The topological polar surface area (TPSA) is 68.0 Å². The van der Waals surface area contributed by atoms with Crippen molar-refractivity contribution in [2.24, 2.45) is 5.73 Å². The fourth-order valence-electron chi connectivity index (χ4n) is 1.64. The zero-order valence-corrected chi connectivity index (χ0v) is 12.0. The standard InChI is InChI=1S/C13H14ClN3OS/c1-8(13-16-4-5-19-13)17-7-10-3-2-9(12(15)18)6-11(10)14/h2-6,8,17H,7H2,1H3,(H2,15,18). The predicted octanol–water partition coefficient (Wildman–Crippen LogP) is 2.75. The van der Waals surface area contributed by atoms with E-state index in [2.05, 4.69) is 10.3 Å². The zero-order valence-electron chi connectivity index (χ0n) is 10.4. The summed E-state index contributed by atoms with van der Waals surface area (Å²) in [5, 5.41) is 6.85. The molecule has 0 aliphatic carbocycles. The van der Waals surface area contributed by atoms with Crippen LogP contribution in [0.4, 0.5) is 0 Å². The highest BCUT2D eigenvalue weighted by Crippen LogP contribution is 2.20. The number of thiazole rings is 1. The Bertz CT molecular complexity index is 571. The molecule has 6 heteroatoms. The number of benzene rings is 1. The van der Waals surface area contributed by atoms with Crippen LogP contribution in [0.15, 0.2) is 29.8 Å². The number of nitrogens with zero attached hydrogens (tertiary/aromatic N) is 1. The number of amides is 1. The number of hydrogen-bond acceptors (Lipinski definition) is 4. The first-order valence-electron chi connectivity index (χ1n) is 5.79. The Morgan fingerprint density at radius 1 is 1.58 bits per heavy atom. The summed E-state index contributed by atoms with van der Waals surface area (Å²) in [6, 6.07) is 5.24. The minimum Gasteiger partial charge on any atom is -0.366 e. The maximum Gasteiger partial charge on any atom is 0.248 e. The van der Waals surface area contributed by atoms with Gasteiger partial charge < -0.3 is 11.1 Å². The van der Waals surface area contributed by atoms with E-state index in [4.69, 9.17) is 17.3 Å². The van der Waals surface area contributed by atoms with Gasteiger partial charge in [0.15, 0.2) is 0 Å². The maximum atomic E-state index is 11.0. The van der Waals surface area contributed by atoms with E-state index in [-0.39, 0.29) is 6.04 Å². The van der Waals surface area contributed by atoms with Crippen LogP contribution < -0.4 is 11.1 Å². The van der Waals surface area contributed by atoms with E-state index in [9.17, 15) is 4.79 Å². The normalized spacial score (nSPS) is 12.3. The van der Waals surface area contributed by atoms with Crippen LogP contribution in [0.1, 0.15) is 33.9 Å². The smallest absolute Gasteiger partial charge is 0.248 e. The lowest BCUT2D eigenvalue weighted by Gasteiger charge is -2.12. The fourth-order valence-corrected chi connectivity index (χ4v) is 2.56. The first kappa shape index (κ1) is 14.0. The molecule has 0 aliphatic heterocycles. The first-order valence-corrected chi connectivity index (χ1v) is 7.04. The molecule has 0 aliphatic rings. The molecule has 0 radical (unpaired) electrons. The summed E-state index contributed by atoms with van der Waals surface area (Å²) >= 11 is 7.73. The van der Waals surface area contributed by atoms with E-state index >= 15 is 0 Å². The van der Waals surface area contributed by atoms with Crippen LogP contribution in [0.5, 0.6) is 0 Å². The molecule has 0 fully saturated rings. The number of primary amides is 1. The molecule has 0 spiro atoms. The van der Waals surface area contributed by atoms with Gasteiger partial charge in [-0.3, -0.25) is 4.79 Å². The van der Waals surface area contributed by atoms with Crippen LogP contribution in [-0.2, 0) is 6.54 Å². The Kier molecular flexibility index (Phi) is 4.52. The number of nitrogens with one attached hydrogen (secondary N) is 1. The molecule has 1 aromatic carbocycles. The second kappa shape index (κ2) is 6.14. The molecule has 2 aromatic rings. The number of nitrogens with two attached hydrogens (primary N) is 1. The van der Waals surface area contributed by atoms with Gasteiger partial charge in [-0.1, -0.05) is 17.7 Å². The number of rotatable bonds is 5. The molecular formula is C13H14ClN3OS. The summed E-state index contributed by atoms with van der Waals surface area (Å²) in [5.41, 5.74) is 6.54. The molecule has 0 bridgehead atoms. The van der Waals surface area contributed by atoms with Gasteiger partial charge in [0.05, 0.1) is 6.04 Å². The Morgan fingerprint density at radius 2 is 2.37 bits per heavy atom. The number of hydrogen-bond donors (Lipinski definition) is 2. The highest BCUT2D eigenvalue weighted by molar-refractivity contribution is 7.09. The average Bonchev–Trinajstić information content (AvgIpc) is 2.90. The van der Waals surface area contributed by atoms with Crippen LogP contribution in [0.25, 0.3) is 0 Å². The molecule has 1 unspecified atom stereocenters. The Hall–Kier alpha value is -1.43. The fraction of sp³-hybridized carbons (Fsp3) is 0.231. The van der Waals surface area contributed by atoms with Gasteiger partial charge in [0.2, 0.25) is 5.91 Å². The third-order valence-electron chi connectivity index (χ3n) is 2.76. The first-order chi connectivity index (χ1) is 9.08. The third-order valence-corrected chi connectivity index (χ3v) is 4.07. The minimum absolute atomic E-state index is 0.159. The van der Waals surface area contributed by atoms with Crippen molar-refractivity contribution in [2.45, 2.75) is 19.5 Å². The van der Waals surface area contributed by atoms with Crippen molar-refractivity contribution in [2.75, 3.05) is 0 Å². The van der Waals surface area contributed by atoms with Crippen LogP contribution in [0.3, 0.4) is 0 Å². The molecule has 0 saturated carbocycles. The summed E-state index contributed by atoms with van der Waals surface area (Å²) in [7, 11) is 0. The lowest BCUT2D eigenvalue weighted by Crippen LogP contribution is -2.18. The number of halogens is 1. The van der Waals surface area contributed by atoms with Gasteiger partial charge in [-0.25, -0.2) is 4.98 Å². The van der Waals surface area contributed by atoms with Gasteiger partial charge in [-0.2, -0.15) is 0 Å². The van der Waals surface area contributed by atoms with Crippen LogP contribution in [-0.4, -0.2) is 10.9 Å². The van der Waals surface area contributed by atoms with Gasteiger partial charge in [0.1, 0.15) is 5.01 Å². The van der Waals surface area contributed by atoms with Crippen molar-refractivity contribution in [1.29, 1.82) is 0 Å². The van der Waals surface area contributed by atoms with Crippen molar-refractivity contribution < 1.29 is 4.79 Å². The lowest BCUT2D eigenvalue weighted by atomic mass is 10.1. The van der Waals surface area contributed by atoms with Crippen molar-refractivity contribution in [3.8, 4) is 0 Å². The van der Waals surface area contributed by atoms with Gasteiger partial charge in [0.25, 0.3) is 0 Å². The van der Waals surface area contributed by atoms with Crippen molar-refractivity contribution in [1.82, 2.24) is 10.3 Å². The van der Waals surface area contributed by atoms with E-state index in [1.165, 1.54) is 0 Å². The molecule has 0 saturated heterocycles. The van der Waals surface area contributed by atoms with Crippen molar-refractivity contribution >= 4 is 28.8 Å². The molecule has 19 heavy (non-hydrogen) atoms. The predicted molar refractivity (Wildman–Crippen MR) is 77.3 cm³/mol. The molecular weight excluding hydrogens is 282 g/mol. The van der Waals surface area contributed by atoms with E-state index < -0.39 is 5.91 Å². The van der Waals surface area contributed by atoms with Crippen LogP contribution in [0, 0.1) is 0 Å². The maximum absolute atomic E-state index is 11.0. The molecule has 2 rings (SSSR count). The van der Waals surface area contributed by atoms with E-state index in [0.29, 0.717) is 17.1 Å². The van der Waals surface area contributed by atoms with Crippen LogP contribution in [0.2, 0.25) is 5.02 Å². The molecule has 3 N–H and O–H groups in total. The Labute approximate surface area is 120 Å². The molecule has 1 atom stereocenters. The van der Waals surface area contributed by atoms with Gasteiger partial charge in [-0.05, 0) is 24.6 Å². The molecule has 1 aromatic heterocycles. The Balaban J connectivity index is 2.02. The number of carbonyl (C=O) groups is 1. The van der Waals surface area contributed by atoms with Gasteiger partial charge >= 0.3 is 0 Å². The largest absolute Gasteiger partial charge is 0.366 e. The van der Waals surface area contributed by atoms with Gasteiger partial charge in [0, 0.05) is 28.7 Å². The number of aromatic nitrogens is 1. The second-order valence-corrected chi connectivity index (χ2v) is 5.48. The highest BCUT2D eigenvalue weighted by Gasteiger charge is 2.09. The lowest BCUT2D eigenvalue weighted by molar-refractivity contribution is 0.100. The summed E-state index contributed by atoms with van der Waals surface area (Å²) in [5.74, 6) is -0.474. The summed E-state index contributed by atoms with van der Waals surface area (Å²) in [4.78, 5) is 15.3. The van der Waals surface area contributed by atoms with E-state index in [0.717, 1.165) is 10.6 Å². The quantitative estimate of drug-likeness (QED) is 0.891. The Morgan fingerprint density at radius 3 is 2.95 bits per heavy atom. The van der Waals surface area contributed by atoms with Crippen molar-refractivity contribution in [3.63, 3.8) is 0 Å². The molecule has 1 heterocycles. The molecule has 4 nitrogen and oxygen atoms in total. The molecule has 1 amide bonds. The second-order valence-electron chi connectivity index (χ2n) is 4.14. The minimum atomic E-state index is -0.474.